The molecule has 25 heavy (non-hydrogen) atoms. The van der Waals surface area contributed by atoms with Gasteiger partial charge in [-0.25, -0.2) is 4.98 Å². The molecule has 6 heteroatoms. The van der Waals surface area contributed by atoms with E-state index >= 15 is 0 Å². The molecule has 0 aliphatic heterocycles. The number of carboxylic acids is 1. The number of hydrogen-bond donors (Lipinski definition) is 2. The van der Waals surface area contributed by atoms with E-state index in [0.717, 1.165) is 16.9 Å². The summed E-state index contributed by atoms with van der Waals surface area (Å²) in [5, 5.41) is 11.7. The van der Waals surface area contributed by atoms with Crippen LogP contribution in [0, 0.1) is 25.7 Å². The Kier molecular flexibility index (Phi) is 4.70. The average Bonchev–Trinajstić information content (AvgIpc) is 2.52. The smallest absolute Gasteiger partial charge is 0.307 e. The maximum atomic E-state index is 12.1. The Morgan fingerprint density at radius 1 is 1.16 bits per heavy atom. The van der Waals surface area contributed by atoms with Gasteiger partial charge in [0.1, 0.15) is 5.75 Å². The first-order valence-corrected chi connectivity index (χ1v) is 8.19. The molecule has 1 aromatic carbocycles. The lowest BCUT2D eigenvalue weighted by atomic mass is 9.73. The van der Waals surface area contributed by atoms with Crippen molar-refractivity contribution in [1.29, 1.82) is 0 Å². The molecule has 130 valence electrons. The number of carbonyl (C=O) groups is 2. The lowest BCUT2D eigenvalue weighted by molar-refractivity contribution is -0.151. The van der Waals surface area contributed by atoms with Crippen LogP contribution in [0.4, 0.5) is 5.69 Å². The van der Waals surface area contributed by atoms with Crippen LogP contribution in [0.25, 0.3) is 0 Å². The summed E-state index contributed by atoms with van der Waals surface area (Å²) < 4.78 is 5.78. The number of rotatable bonds is 5. The predicted octanol–water partition coefficient (Wildman–Crippen LogP) is 3.54. The lowest BCUT2D eigenvalue weighted by Gasteiger charge is -2.31. The number of nitrogens with one attached hydrogen (secondary N) is 1. The Hall–Kier alpha value is -2.89. The number of aliphatic carboxylic acids is 1. The monoisotopic (exact) mass is 340 g/mol. The highest BCUT2D eigenvalue weighted by Gasteiger charge is 2.41. The van der Waals surface area contributed by atoms with Gasteiger partial charge in [-0.1, -0.05) is 12.1 Å². The van der Waals surface area contributed by atoms with E-state index in [2.05, 4.69) is 10.3 Å². The molecule has 1 saturated carbocycles. The Bertz CT molecular complexity index is 802. The number of benzene rings is 1. The highest BCUT2D eigenvalue weighted by molar-refractivity contribution is 5.95. The third kappa shape index (κ3) is 3.63. The summed E-state index contributed by atoms with van der Waals surface area (Å²) in [4.78, 5) is 27.3. The minimum Gasteiger partial charge on any atom is -0.481 e. The number of nitrogens with zero attached hydrogens (tertiary/aromatic N) is 1. The van der Waals surface area contributed by atoms with Gasteiger partial charge in [0, 0.05) is 6.07 Å². The van der Waals surface area contributed by atoms with Crippen molar-refractivity contribution < 1.29 is 19.4 Å². The van der Waals surface area contributed by atoms with E-state index in [1.54, 1.807) is 12.1 Å². The largest absolute Gasteiger partial charge is 0.481 e. The Morgan fingerprint density at radius 3 is 2.52 bits per heavy atom. The molecule has 0 saturated heterocycles. The summed E-state index contributed by atoms with van der Waals surface area (Å²) in [6, 6.07) is 9.18. The number of aryl methyl sites for hydroxylation is 1. The lowest BCUT2D eigenvalue weighted by Crippen LogP contribution is -2.41. The third-order valence-electron chi connectivity index (χ3n) is 4.70. The number of carbonyl (C=O) groups excluding carboxylic acids is 1. The molecular weight excluding hydrogens is 320 g/mol. The molecule has 0 bridgehead atoms. The van der Waals surface area contributed by atoms with Crippen molar-refractivity contribution in [3.05, 3.63) is 47.7 Å². The Morgan fingerprint density at radius 2 is 1.92 bits per heavy atom. The van der Waals surface area contributed by atoms with Crippen molar-refractivity contribution in [3.63, 3.8) is 0 Å². The van der Waals surface area contributed by atoms with Crippen molar-refractivity contribution in [2.75, 3.05) is 5.32 Å². The molecule has 1 aromatic heterocycles. The quantitative estimate of drug-likeness (QED) is 0.869. The molecular formula is C19H20N2O4. The van der Waals surface area contributed by atoms with Crippen LogP contribution in [-0.2, 0) is 9.59 Å². The van der Waals surface area contributed by atoms with Crippen molar-refractivity contribution in [3.8, 4) is 11.6 Å². The van der Waals surface area contributed by atoms with Gasteiger partial charge in [-0.05, 0) is 49.9 Å². The third-order valence-corrected chi connectivity index (χ3v) is 4.70. The van der Waals surface area contributed by atoms with Crippen LogP contribution in [0.15, 0.2) is 36.5 Å². The molecule has 6 nitrogen and oxygen atoms in total. The molecule has 1 fully saturated rings. The first kappa shape index (κ1) is 17.0. The maximum absolute atomic E-state index is 12.1. The van der Waals surface area contributed by atoms with Gasteiger partial charge in [0.05, 0.1) is 23.7 Å². The van der Waals surface area contributed by atoms with Gasteiger partial charge in [-0.2, -0.15) is 0 Å². The van der Waals surface area contributed by atoms with E-state index in [4.69, 9.17) is 9.84 Å². The first-order valence-electron chi connectivity index (χ1n) is 8.19. The van der Waals surface area contributed by atoms with E-state index in [1.807, 2.05) is 32.0 Å². The van der Waals surface area contributed by atoms with E-state index < -0.39 is 17.8 Å². The molecule has 0 spiro atoms. The fourth-order valence-electron chi connectivity index (χ4n) is 2.81. The summed E-state index contributed by atoms with van der Waals surface area (Å²) in [5.41, 5.74) is 2.70. The van der Waals surface area contributed by atoms with Crippen molar-refractivity contribution in [2.45, 2.75) is 26.7 Å². The molecule has 2 aromatic rings. The molecule has 1 heterocycles. The number of pyridine rings is 1. The standard InChI is InChI=1S/C19H20N2O4/c1-11-4-3-5-16(12(11)2)25-17-9-6-13(10-20-17)21-18(22)14-7-8-15(14)19(23)24/h3-6,9-10,14-15H,7-8H2,1-2H3,(H,21,22)(H,23,24). The Labute approximate surface area is 145 Å². The molecule has 3 rings (SSSR count). The van der Waals surface area contributed by atoms with Crippen LogP contribution in [0.3, 0.4) is 0 Å². The number of aromatic nitrogens is 1. The van der Waals surface area contributed by atoms with Gasteiger partial charge in [-0.3, -0.25) is 9.59 Å². The van der Waals surface area contributed by atoms with Crippen LogP contribution in [0.1, 0.15) is 24.0 Å². The number of carboxylic acid groups (broad SMARTS) is 1. The first-order chi connectivity index (χ1) is 12.0. The van der Waals surface area contributed by atoms with Crippen molar-refractivity contribution >= 4 is 17.6 Å². The summed E-state index contributed by atoms with van der Waals surface area (Å²) in [6.45, 7) is 4.00. The van der Waals surface area contributed by atoms with Gasteiger partial charge >= 0.3 is 5.97 Å². The molecule has 1 aliphatic carbocycles. The zero-order chi connectivity index (χ0) is 18.0. The second kappa shape index (κ2) is 6.93. The summed E-state index contributed by atoms with van der Waals surface area (Å²) in [5.74, 6) is -1.07. The summed E-state index contributed by atoms with van der Waals surface area (Å²) in [7, 11) is 0. The molecule has 2 atom stereocenters. The fraction of sp³-hybridized carbons (Fsp3) is 0.316. The number of ether oxygens (including phenoxy) is 1. The van der Waals surface area contributed by atoms with Crippen molar-refractivity contribution in [1.82, 2.24) is 4.98 Å². The van der Waals surface area contributed by atoms with Crippen molar-refractivity contribution in [2.24, 2.45) is 11.8 Å². The zero-order valence-corrected chi connectivity index (χ0v) is 14.2. The molecule has 1 amide bonds. The Balaban J connectivity index is 1.63. The minimum absolute atomic E-state index is 0.274. The number of amides is 1. The van der Waals surface area contributed by atoms with Crippen LogP contribution in [0.5, 0.6) is 11.6 Å². The van der Waals surface area contributed by atoms with Crippen LogP contribution in [-0.4, -0.2) is 22.0 Å². The molecule has 2 unspecified atom stereocenters. The summed E-state index contributed by atoms with van der Waals surface area (Å²) >= 11 is 0. The van der Waals surface area contributed by atoms with E-state index in [-0.39, 0.29) is 5.91 Å². The second-order valence-corrected chi connectivity index (χ2v) is 6.30. The average molecular weight is 340 g/mol. The van der Waals surface area contributed by atoms with E-state index in [1.165, 1.54) is 6.20 Å². The normalized spacial score (nSPS) is 19.0. The summed E-state index contributed by atoms with van der Waals surface area (Å²) in [6.07, 6.45) is 2.66. The predicted molar refractivity (Wildman–Crippen MR) is 92.7 cm³/mol. The minimum atomic E-state index is -0.915. The molecule has 2 N–H and O–H groups in total. The highest BCUT2D eigenvalue weighted by Crippen LogP contribution is 2.35. The second-order valence-electron chi connectivity index (χ2n) is 6.30. The highest BCUT2D eigenvalue weighted by atomic mass is 16.5. The van der Waals surface area contributed by atoms with Gasteiger partial charge in [0.15, 0.2) is 0 Å². The molecule has 0 radical (unpaired) electrons. The van der Waals surface area contributed by atoms with Crippen LogP contribution in [0.2, 0.25) is 0 Å². The van der Waals surface area contributed by atoms with Gasteiger partial charge in [0.2, 0.25) is 11.8 Å². The topological polar surface area (TPSA) is 88.5 Å². The van der Waals surface area contributed by atoms with Crippen LogP contribution >= 0.6 is 0 Å². The fourth-order valence-corrected chi connectivity index (χ4v) is 2.81. The zero-order valence-electron chi connectivity index (χ0n) is 14.2. The van der Waals surface area contributed by atoms with Gasteiger partial charge < -0.3 is 15.2 Å². The number of anilines is 1. The van der Waals surface area contributed by atoms with Gasteiger partial charge in [0.25, 0.3) is 0 Å². The van der Waals surface area contributed by atoms with Crippen LogP contribution < -0.4 is 10.1 Å². The molecule has 1 aliphatic rings. The van der Waals surface area contributed by atoms with E-state index in [9.17, 15) is 9.59 Å². The SMILES string of the molecule is Cc1cccc(Oc2ccc(NC(=O)C3CCC3C(=O)O)cn2)c1C. The number of hydrogen-bond acceptors (Lipinski definition) is 4. The van der Waals surface area contributed by atoms with E-state index in [0.29, 0.717) is 24.4 Å². The van der Waals surface area contributed by atoms with Gasteiger partial charge in [-0.15, -0.1) is 0 Å². The maximum Gasteiger partial charge on any atom is 0.307 e.